The Hall–Kier alpha value is -1.64. The first-order valence-electron chi connectivity index (χ1n) is 5.36. The van der Waals surface area contributed by atoms with Crippen molar-refractivity contribution in [3.63, 3.8) is 0 Å². The summed E-state index contributed by atoms with van der Waals surface area (Å²) in [6.07, 6.45) is 1.97. The van der Waals surface area contributed by atoms with Crippen LogP contribution in [0.4, 0.5) is 0 Å². The van der Waals surface area contributed by atoms with Crippen molar-refractivity contribution in [3.05, 3.63) is 39.6 Å². The van der Waals surface area contributed by atoms with Crippen molar-refractivity contribution in [1.29, 1.82) is 5.26 Å². The number of nitrogens with zero attached hydrogens (tertiary/aromatic N) is 3. The van der Waals surface area contributed by atoms with E-state index in [2.05, 4.69) is 21.8 Å². The highest BCUT2D eigenvalue weighted by atomic mass is 32.1. The Balaban J connectivity index is 1.88. The van der Waals surface area contributed by atoms with Gasteiger partial charge >= 0.3 is 0 Å². The molecule has 0 aliphatic carbocycles. The van der Waals surface area contributed by atoms with Crippen molar-refractivity contribution < 1.29 is 0 Å². The molecule has 88 valence electrons. The third-order valence-corrected chi connectivity index (χ3v) is 3.30. The van der Waals surface area contributed by atoms with Gasteiger partial charge in [-0.2, -0.15) is 5.26 Å². The first-order chi connectivity index (χ1) is 8.19. The molecule has 5 heteroatoms. The van der Waals surface area contributed by atoms with E-state index in [0.717, 1.165) is 29.4 Å². The SMILES string of the molecule is Cc1nc(CNCc2cc(C#N)n(C)c2)cs1. The topological polar surface area (TPSA) is 53.6 Å². The normalized spacial score (nSPS) is 10.4. The third-order valence-electron chi connectivity index (χ3n) is 2.48. The first-order valence-corrected chi connectivity index (χ1v) is 6.24. The van der Waals surface area contributed by atoms with Gasteiger partial charge in [-0.3, -0.25) is 0 Å². The Morgan fingerprint density at radius 3 is 2.94 bits per heavy atom. The van der Waals surface area contributed by atoms with Gasteiger partial charge in [-0.05, 0) is 18.6 Å². The van der Waals surface area contributed by atoms with Gasteiger partial charge in [-0.1, -0.05) is 0 Å². The summed E-state index contributed by atoms with van der Waals surface area (Å²) < 4.78 is 1.84. The molecule has 2 aromatic rings. The number of rotatable bonds is 4. The fourth-order valence-corrected chi connectivity index (χ4v) is 2.28. The van der Waals surface area contributed by atoms with E-state index < -0.39 is 0 Å². The molecule has 0 atom stereocenters. The second-order valence-electron chi connectivity index (χ2n) is 3.92. The molecule has 0 fully saturated rings. The standard InChI is InChI=1S/C12H14N4S/c1-9-15-11(8-17-9)6-14-5-10-3-12(4-13)16(2)7-10/h3,7-8,14H,5-6H2,1-2H3. The maximum absolute atomic E-state index is 8.84. The molecule has 2 heterocycles. The highest BCUT2D eigenvalue weighted by Crippen LogP contribution is 2.09. The van der Waals surface area contributed by atoms with Crippen molar-refractivity contribution in [3.8, 4) is 6.07 Å². The lowest BCUT2D eigenvalue weighted by Crippen LogP contribution is -2.12. The second kappa shape index (κ2) is 5.13. The minimum Gasteiger partial charge on any atom is -0.342 e. The van der Waals surface area contributed by atoms with Crippen molar-refractivity contribution in [1.82, 2.24) is 14.9 Å². The van der Waals surface area contributed by atoms with Crippen molar-refractivity contribution in [2.24, 2.45) is 7.05 Å². The Labute approximate surface area is 105 Å². The Kier molecular flexibility index (Phi) is 3.57. The van der Waals surface area contributed by atoms with Crippen molar-refractivity contribution in [2.45, 2.75) is 20.0 Å². The van der Waals surface area contributed by atoms with Crippen LogP contribution in [0.1, 0.15) is 22.0 Å². The lowest BCUT2D eigenvalue weighted by molar-refractivity contribution is 0.680. The largest absolute Gasteiger partial charge is 0.342 e. The van der Waals surface area contributed by atoms with Crippen LogP contribution in [-0.2, 0) is 20.1 Å². The molecular formula is C12H14N4S. The average Bonchev–Trinajstić information content (AvgIpc) is 2.85. The van der Waals surface area contributed by atoms with Crippen LogP contribution in [-0.4, -0.2) is 9.55 Å². The van der Waals surface area contributed by atoms with E-state index in [1.165, 1.54) is 0 Å². The molecule has 0 spiro atoms. The van der Waals surface area contributed by atoms with Gasteiger partial charge < -0.3 is 9.88 Å². The van der Waals surface area contributed by atoms with E-state index >= 15 is 0 Å². The minimum atomic E-state index is 0.686. The number of thiazole rings is 1. The summed E-state index contributed by atoms with van der Waals surface area (Å²) in [5.41, 5.74) is 2.88. The molecule has 0 saturated carbocycles. The Bertz CT molecular complexity index is 547. The first kappa shape index (κ1) is 11.8. The summed E-state index contributed by atoms with van der Waals surface area (Å²) in [6.45, 7) is 3.53. The number of hydrogen-bond donors (Lipinski definition) is 1. The maximum Gasteiger partial charge on any atom is 0.120 e. The zero-order valence-electron chi connectivity index (χ0n) is 9.90. The summed E-state index contributed by atoms with van der Waals surface area (Å²) in [5, 5.41) is 15.3. The molecule has 0 aliphatic heterocycles. The fourth-order valence-electron chi connectivity index (χ4n) is 1.67. The quantitative estimate of drug-likeness (QED) is 0.897. The molecule has 4 nitrogen and oxygen atoms in total. The molecule has 0 aliphatic rings. The van der Waals surface area contributed by atoms with Crippen LogP contribution in [0.15, 0.2) is 17.6 Å². The number of aromatic nitrogens is 2. The van der Waals surface area contributed by atoms with Crippen LogP contribution in [0.5, 0.6) is 0 Å². The summed E-state index contributed by atoms with van der Waals surface area (Å²) in [6, 6.07) is 4.05. The predicted molar refractivity (Wildman–Crippen MR) is 67.5 cm³/mol. The highest BCUT2D eigenvalue weighted by molar-refractivity contribution is 7.09. The van der Waals surface area contributed by atoms with Gasteiger partial charge in [0.2, 0.25) is 0 Å². The highest BCUT2D eigenvalue weighted by Gasteiger charge is 2.02. The Morgan fingerprint density at radius 2 is 2.35 bits per heavy atom. The molecule has 0 unspecified atom stereocenters. The van der Waals surface area contributed by atoms with Crippen LogP contribution >= 0.6 is 11.3 Å². The summed E-state index contributed by atoms with van der Waals surface area (Å²) >= 11 is 1.66. The van der Waals surface area contributed by atoms with Gasteiger partial charge in [-0.25, -0.2) is 4.98 Å². The molecule has 0 bridgehead atoms. The number of nitriles is 1. The number of aryl methyl sites for hydroxylation is 2. The van der Waals surface area contributed by atoms with Crippen LogP contribution in [0.2, 0.25) is 0 Å². The van der Waals surface area contributed by atoms with Gasteiger partial charge in [0.15, 0.2) is 0 Å². The maximum atomic E-state index is 8.84. The average molecular weight is 246 g/mol. The van der Waals surface area contributed by atoms with Crippen molar-refractivity contribution >= 4 is 11.3 Å². The number of hydrogen-bond acceptors (Lipinski definition) is 4. The third kappa shape index (κ3) is 2.93. The zero-order chi connectivity index (χ0) is 12.3. The lowest BCUT2D eigenvalue weighted by Gasteiger charge is -1.99. The minimum absolute atomic E-state index is 0.686. The monoisotopic (exact) mass is 246 g/mol. The number of nitrogens with one attached hydrogen (secondary N) is 1. The Morgan fingerprint density at radius 1 is 1.53 bits per heavy atom. The smallest absolute Gasteiger partial charge is 0.120 e. The van der Waals surface area contributed by atoms with E-state index in [1.807, 2.05) is 30.8 Å². The molecule has 2 aromatic heterocycles. The van der Waals surface area contributed by atoms with Gasteiger partial charge in [-0.15, -0.1) is 11.3 Å². The van der Waals surface area contributed by atoms with Crippen LogP contribution in [0.25, 0.3) is 0 Å². The van der Waals surface area contributed by atoms with Gasteiger partial charge in [0.1, 0.15) is 11.8 Å². The van der Waals surface area contributed by atoms with E-state index in [-0.39, 0.29) is 0 Å². The molecule has 0 saturated heterocycles. The molecule has 0 amide bonds. The predicted octanol–water partition coefficient (Wildman–Crippen LogP) is 1.95. The van der Waals surface area contributed by atoms with Crippen molar-refractivity contribution in [2.75, 3.05) is 0 Å². The lowest BCUT2D eigenvalue weighted by atomic mass is 10.3. The molecular weight excluding hydrogens is 232 g/mol. The van der Waals surface area contributed by atoms with Gasteiger partial charge in [0.05, 0.1) is 10.7 Å². The molecule has 0 radical (unpaired) electrons. The van der Waals surface area contributed by atoms with E-state index in [9.17, 15) is 0 Å². The zero-order valence-corrected chi connectivity index (χ0v) is 10.7. The van der Waals surface area contributed by atoms with Crippen LogP contribution in [0.3, 0.4) is 0 Å². The van der Waals surface area contributed by atoms with Gasteiger partial charge in [0.25, 0.3) is 0 Å². The van der Waals surface area contributed by atoms with Gasteiger partial charge in [0, 0.05) is 31.7 Å². The molecule has 0 aromatic carbocycles. The summed E-state index contributed by atoms with van der Waals surface area (Å²) in [7, 11) is 1.88. The van der Waals surface area contributed by atoms with E-state index in [4.69, 9.17) is 5.26 Å². The fraction of sp³-hybridized carbons (Fsp3) is 0.333. The molecule has 1 N–H and O–H groups in total. The molecule has 2 rings (SSSR count). The molecule has 17 heavy (non-hydrogen) atoms. The summed E-state index contributed by atoms with van der Waals surface area (Å²) in [5.74, 6) is 0. The second-order valence-corrected chi connectivity index (χ2v) is 4.98. The van der Waals surface area contributed by atoms with E-state index in [1.54, 1.807) is 11.3 Å². The van der Waals surface area contributed by atoms with Crippen LogP contribution in [0, 0.1) is 18.3 Å². The summed E-state index contributed by atoms with van der Waals surface area (Å²) in [4.78, 5) is 4.38. The van der Waals surface area contributed by atoms with E-state index in [0.29, 0.717) is 5.69 Å². The van der Waals surface area contributed by atoms with Crippen LogP contribution < -0.4 is 5.32 Å².